The molecule has 1 aromatic heterocycles. The van der Waals surface area contributed by atoms with Gasteiger partial charge >= 0.3 is 0 Å². The van der Waals surface area contributed by atoms with Crippen LogP contribution < -0.4 is 0 Å². The van der Waals surface area contributed by atoms with E-state index in [9.17, 15) is 0 Å². The van der Waals surface area contributed by atoms with E-state index in [0.29, 0.717) is 5.92 Å². The van der Waals surface area contributed by atoms with Gasteiger partial charge in [-0.25, -0.2) is 9.97 Å². The van der Waals surface area contributed by atoms with Crippen molar-refractivity contribution in [1.29, 1.82) is 0 Å². The molecular weight excluding hydrogens is 220 g/mol. The van der Waals surface area contributed by atoms with Crippen LogP contribution in [0.25, 0.3) is 0 Å². The maximum Gasteiger partial charge on any atom is 0.131 e. The molecule has 0 aromatic carbocycles. The lowest BCUT2D eigenvalue weighted by molar-refractivity contribution is 0.694. The van der Waals surface area contributed by atoms with Gasteiger partial charge in [0.2, 0.25) is 0 Å². The predicted octanol–water partition coefficient (Wildman–Crippen LogP) is 3.86. The van der Waals surface area contributed by atoms with E-state index in [-0.39, 0.29) is 5.38 Å². The molecule has 90 valence electrons. The minimum Gasteiger partial charge on any atom is -0.238 e. The van der Waals surface area contributed by atoms with Gasteiger partial charge in [-0.3, -0.25) is 0 Å². The summed E-state index contributed by atoms with van der Waals surface area (Å²) in [6.45, 7) is 8.39. The van der Waals surface area contributed by atoms with E-state index >= 15 is 0 Å². The van der Waals surface area contributed by atoms with E-state index in [1.165, 1.54) is 0 Å². The summed E-state index contributed by atoms with van der Waals surface area (Å²) in [7, 11) is 0. The average molecular weight is 241 g/mol. The fourth-order valence-electron chi connectivity index (χ4n) is 1.66. The third-order valence-corrected chi connectivity index (χ3v) is 2.85. The number of nitrogens with zero attached hydrogens (tertiary/aromatic N) is 2. The van der Waals surface area contributed by atoms with Crippen molar-refractivity contribution in [3.63, 3.8) is 0 Å². The van der Waals surface area contributed by atoms with Gasteiger partial charge in [-0.2, -0.15) is 0 Å². The van der Waals surface area contributed by atoms with Crippen LogP contribution in [-0.4, -0.2) is 15.3 Å². The highest BCUT2D eigenvalue weighted by Gasteiger charge is 2.10. The SMILES string of the molecule is CCCC(Cl)Cc1cc(C)nc(C(C)C)n1. The van der Waals surface area contributed by atoms with Gasteiger partial charge in [0.25, 0.3) is 0 Å². The first-order valence-corrected chi connectivity index (χ1v) is 6.45. The predicted molar refractivity (Wildman–Crippen MR) is 69.1 cm³/mol. The fraction of sp³-hybridized carbons (Fsp3) is 0.692. The monoisotopic (exact) mass is 240 g/mol. The van der Waals surface area contributed by atoms with Crippen molar-refractivity contribution in [3.8, 4) is 0 Å². The van der Waals surface area contributed by atoms with Crippen LogP contribution in [-0.2, 0) is 6.42 Å². The van der Waals surface area contributed by atoms with Crippen molar-refractivity contribution in [1.82, 2.24) is 9.97 Å². The quantitative estimate of drug-likeness (QED) is 0.731. The van der Waals surface area contributed by atoms with E-state index in [1.54, 1.807) is 0 Å². The fourth-order valence-corrected chi connectivity index (χ4v) is 2.04. The molecule has 3 heteroatoms. The molecule has 1 unspecified atom stereocenters. The standard InChI is InChI=1S/C13H21ClN2/c1-5-6-11(14)8-12-7-10(4)15-13(16-12)9(2)3/h7,9,11H,5-6,8H2,1-4H3. The Kier molecular flexibility index (Phi) is 5.20. The van der Waals surface area contributed by atoms with Gasteiger partial charge in [0.05, 0.1) is 0 Å². The molecule has 0 saturated heterocycles. The number of hydrogen-bond donors (Lipinski definition) is 0. The van der Waals surface area contributed by atoms with Gasteiger partial charge < -0.3 is 0 Å². The molecule has 1 atom stereocenters. The number of aromatic nitrogens is 2. The highest BCUT2D eigenvalue weighted by Crippen LogP contribution is 2.15. The van der Waals surface area contributed by atoms with Gasteiger partial charge in [0, 0.05) is 29.1 Å². The third kappa shape index (κ3) is 4.09. The van der Waals surface area contributed by atoms with Crippen molar-refractivity contribution < 1.29 is 0 Å². The summed E-state index contributed by atoms with van der Waals surface area (Å²) in [5.74, 6) is 1.30. The molecule has 2 nitrogen and oxygen atoms in total. The van der Waals surface area contributed by atoms with Crippen molar-refractivity contribution in [3.05, 3.63) is 23.3 Å². The Hall–Kier alpha value is -0.630. The lowest BCUT2D eigenvalue weighted by Crippen LogP contribution is -2.08. The molecule has 1 heterocycles. The smallest absolute Gasteiger partial charge is 0.131 e. The zero-order valence-corrected chi connectivity index (χ0v) is 11.4. The van der Waals surface area contributed by atoms with E-state index in [2.05, 4.69) is 30.7 Å². The summed E-state index contributed by atoms with van der Waals surface area (Å²) in [5, 5.41) is 0.194. The van der Waals surface area contributed by atoms with Crippen LogP contribution in [0.2, 0.25) is 0 Å². The maximum atomic E-state index is 6.24. The molecule has 0 radical (unpaired) electrons. The van der Waals surface area contributed by atoms with Crippen molar-refractivity contribution in [2.45, 2.75) is 58.3 Å². The Morgan fingerprint density at radius 2 is 2.00 bits per heavy atom. The molecule has 0 aliphatic carbocycles. The zero-order chi connectivity index (χ0) is 12.1. The van der Waals surface area contributed by atoms with Crippen LogP contribution in [0.5, 0.6) is 0 Å². The molecule has 1 rings (SSSR count). The molecular formula is C13H21ClN2. The number of aryl methyl sites for hydroxylation is 1. The average Bonchev–Trinajstić information content (AvgIpc) is 2.16. The first kappa shape index (κ1) is 13.4. The molecule has 1 aromatic rings. The summed E-state index contributed by atoms with van der Waals surface area (Å²) in [5.41, 5.74) is 2.11. The van der Waals surface area contributed by atoms with E-state index < -0.39 is 0 Å². The number of rotatable bonds is 5. The van der Waals surface area contributed by atoms with Gasteiger partial charge in [-0.15, -0.1) is 11.6 Å². The minimum atomic E-state index is 0.194. The van der Waals surface area contributed by atoms with Crippen molar-refractivity contribution >= 4 is 11.6 Å². The van der Waals surface area contributed by atoms with Crippen molar-refractivity contribution in [2.75, 3.05) is 0 Å². The Morgan fingerprint density at radius 3 is 2.56 bits per heavy atom. The van der Waals surface area contributed by atoms with Gasteiger partial charge in [-0.1, -0.05) is 27.2 Å². The van der Waals surface area contributed by atoms with Crippen molar-refractivity contribution in [2.24, 2.45) is 0 Å². The van der Waals surface area contributed by atoms with E-state index in [4.69, 9.17) is 11.6 Å². The largest absolute Gasteiger partial charge is 0.238 e. The summed E-state index contributed by atoms with van der Waals surface area (Å²) in [6, 6.07) is 2.04. The maximum absolute atomic E-state index is 6.24. The molecule has 0 saturated carbocycles. The number of alkyl halides is 1. The molecule has 0 N–H and O–H groups in total. The second kappa shape index (κ2) is 6.19. The second-order valence-electron chi connectivity index (χ2n) is 4.60. The van der Waals surface area contributed by atoms with Crippen LogP contribution in [0.4, 0.5) is 0 Å². The zero-order valence-electron chi connectivity index (χ0n) is 10.6. The molecule has 0 spiro atoms. The first-order chi connectivity index (χ1) is 7.52. The van der Waals surface area contributed by atoms with Crippen LogP contribution in [0.15, 0.2) is 6.07 Å². The summed E-state index contributed by atoms with van der Waals surface area (Å²) >= 11 is 6.24. The Labute approximate surface area is 103 Å². The minimum absolute atomic E-state index is 0.194. The molecule has 0 fully saturated rings. The third-order valence-electron chi connectivity index (χ3n) is 2.47. The molecule has 0 aliphatic rings. The Bertz CT molecular complexity index is 337. The molecule has 0 aliphatic heterocycles. The molecule has 16 heavy (non-hydrogen) atoms. The normalized spacial score (nSPS) is 13.1. The van der Waals surface area contributed by atoms with Gasteiger partial charge in [-0.05, 0) is 19.4 Å². The summed E-state index contributed by atoms with van der Waals surface area (Å²) in [6.07, 6.45) is 3.01. The molecule has 0 amide bonds. The molecule has 0 bridgehead atoms. The van der Waals surface area contributed by atoms with E-state index in [1.807, 2.05) is 13.0 Å². The number of halogens is 1. The number of hydrogen-bond acceptors (Lipinski definition) is 2. The van der Waals surface area contributed by atoms with E-state index in [0.717, 1.165) is 36.5 Å². The van der Waals surface area contributed by atoms with Gasteiger partial charge in [0.15, 0.2) is 0 Å². The van der Waals surface area contributed by atoms with Crippen LogP contribution >= 0.6 is 11.6 Å². The second-order valence-corrected chi connectivity index (χ2v) is 5.22. The summed E-state index contributed by atoms with van der Waals surface area (Å²) < 4.78 is 0. The summed E-state index contributed by atoms with van der Waals surface area (Å²) in [4.78, 5) is 8.99. The lowest BCUT2D eigenvalue weighted by Gasteiger charge is -2.11. The topological polar surface area (TPSA) is 25.8 Å². The van der Waals surface area contributed by atoms with Gasteiger partial charge in [0.1, 0.15) is 5.82 Å². The van der Waals surface area contributed by atoms with Crippen LogP contribution in [0.1, 0.15) is 56.7 Å². The first-order valence-electron chi connectivity index (χ1n) is 6.01. The Balaban J connectivity index is 2.80. The Morgan fingerprint density at radius 1 is 1.31 bits per heavy atom. The van der Waals surface area contributed by atoms with Crippen LogP contribution in [0, 0.1) is 6.92 Å². The highest BCUT2D eigenvalue weighted by atomic mass is 35.5. The highest BCUT2D eigenvalue weighted by molar-refractivity contribution is 6.20. The lowest BCUT2D eigenvalue weighted by atomic mass is 10.1. The van der Waals surface area contributed by atoms with Crippen LogP contribution in [0.3, 0.4) is 0 Å².